The number of halogens is 2. The molecule has 0 fully saturated rings. The van der Waals surface area contributed by atoms with E-state index >= 15 is 0 Å². The molecule has 0 bridgehead atoms. The Morgan fingerprint density at radius 2 is 2.33 bits per heavy atom. The Labute approximate surface area is 69.2 Å². The van der Waals surface area contributed by atoms with Crippen LogP contribution in [0.25, 0.3) is 0 Å². The molecule has 1 unspecified atom stereocenters. The lowest BCUT2D eigenvalue weighted by atomic mass is 10.2. The molecule has 1 aromatic rings. The van der Waals surface area contributed by atoms with Gasteiger partial charge in [-0.3, -0.25) is 4.68 Å². The normalized spacial score (nSPS) is 13.8. The lowest BCUT2D eigenvalue weighted by Gasteiger charge is -2.05. The molecule has 1 heterocycles. The van der Waals surface area contributed by atoms with E-state index in [1.165, 1.54) is 6.07 Å². The summed E-state index contributed by atoms with van der Waals surface area (Å²) in [6.07, 6.45) is -0.914. The van der Waals surface area contributed by atoms with E-state index in [1.807, 2.05) is 6.92 Å². The summed E-state index contributed by atoms with van der Waals surface area (Å²) in [7, 11) is 0. The van der Waals surface area contributed by atoms with Crippen molar-refractivity contribution in [3.8, 4) is 0 Å². The highest BCUT2D eigenvalue weighted by molar-refractivity contribution is 5.05. The Kier molecular flexibility index (Phi) is 2.75. The van der Waals surface area contributed by atoms with Gasteiger partial charge in [-0.25, -0.2) is 8.78 Å². The molecular formula is C7H11F2N3. The summed E-state index contributed by atoms with van der Waals surface area (Å²) >= 11 is 0. The van der Waals surface area contributed by atoms with Crippen molar-refractivity contribution < 1.29 is 8.78 Å². The Morgan fingerprint density at radius 3 is 2.75 bits per heavy atom. The zero-order valence-corrected chi connectivity index (χ0v) is 6.74. The number of aryl methyl sites for hydroxylation is 1. The maximum absolute atomic E-state index is 12.1. The van der Waals surface area contributed by atoms with Gasteiger partial charge in [-0.2, -0.15) is 5.10 Å². The molecule has 5 heteroatoms. The first kappa shape index (κ1) is 9.12. The molecule has 0 aliphatic rings. The van der Waals surface area contributed by atoms with Crippen molar-refractivity contribution in [1.29, 1.82) is 0 Å². The van der Waals surface area contributed by atoms with E-state index in [0.717, 1.165) is 0 Å². The molecule has 1 rings (SSSR count). The van der Waals surface area contributed by atoms with Crippen LogP contribution in [0.5, 0.6) is 0 Å². The standard InChI is InChI=1S/C7H11F2N3/c1-2-12-4-3-5(11-12)6(10)7(8)9/h3-4,6-7H,2,10H2,1H3. The van der Waals surface area contributed by atoms with Crippen molar-refractivity contribution in [1.82, 2.24) is 9.78 Å². The fourth-order valence-electron chi connectivity index (χ4n) is 0.860. The number of alkyl halides is 2. The summed E-state index contributed by atoms with van der Waals surface area (Å²) in [5.74, 6) is 0. The molecular weight excluding hydrogens is 164 g/mol. The van der Waals surface area contributed by atoms with Crippen LogP contribution in [0.2, 0.25) is 0 Å². The second kappa shape index (κ2) is 3.62. The van der Waals surface area contributed by atoms with E-state index in [2.05, 4.69) is 5.10 Å². The van der Waals surface area contributed by atoms with Crippen molar-refractivity contribution in [2.24, 2.45) is 5.73 Å². The van der Waals surface area contributed by atoms with Crippen molar-refractivity contribution in [3.05, 3.63) is 18.0 Å². The number of nitrogens with zero attached hydrogens (tertiary/aromatic N) is 2. The monoisotopic (exact) mass is 175 g/mol. The molecule has 12 heavy (non-hydrogen) atoms. The lowest BCUT2D eigenvalue weighted by molar-refractivity contribution is 0.114. The minimum Gasteiger partial charge on any atom is -0.318 e. The van der Waals surface area contributed by atoms with Gasteiger partial charge >= 0.3 is 0 Å². The van der Waals surface area contributed by atoms with Crippen molar-refractivity contribution >= 4 is 0 Å². The van der Waals surface area contributed by atoms with Crippen LogP contribution < -0.4 is 5.73 Å². The first-order chi connectivity index (χ1) is 5.65. The summed E-state index contributed by atoms with van der Waals surface area (Å²) in [6.45, 7) is 2.54. The maximum Gasteiger partial charge on any atom is 0.259 e. The van der Waals surface area contributed by atoms with Gasteiger partial charge in [0, 0.05) is 12.7 Å². The van der Waals surface area contributed by atoms with E-state index in [1.54, 1.807) is 10.9 Å². The fraction of sp³-hybridized carbons (Fsp3) is 0.571. The van der Waals surface area contributed by atoms with Crippen molar-refractivity contribution in [2.45, 2.75) is 25.9 Å². The van der Waals surface area contributed by atoms with Crippen LogP contribution >= 0.6 is 0 Å². The van der Waals surface area contributed by atoms with E-state index in [0.29, 0.717) is 6.54 Å². The third-order valence-corrected chi connectivity index (χ3v) is 1.60. The second-order valence-corrected chi connectivity index (χ2v) is 2.46. The van der Waals surface area contributed by atoms with E-state index in [-0.39, 0.29) is 5.69 Å². The van der Waals surface area contributed by atoms with Gasteiger partial charge < -0.3 is 5.73 Å². The molecule has 0 aliphatic heterocycles. The molecule has 0 saturated carbocycles. The summed E-state index contributed by atoms with van der Waals surface area (Å²) in [5.41, 5.74) is 5.42. The average Bonchev–Trinajstić information content (AvgIpc) is 2.50. The highest BCUT2D eigenvalue weighted by Crippen LogP contribution is 2.15. The molecule has 0 amide bonds. The number of aromatic nitrogens is 2. The molecule has 0 radical (unpaired) electrons. The molecule has 3 nitrogen and oxygen atoms in total. The van der Waals surface area contributed by atoms with E-state index in [9.17, 15) is 8.78 Å². The molecule has 0 saturated heterocycles. The van der Waals surface area contributed by atoms with Gasteiger partial charge in [0.1, 0.15) is 6.04 Å². The van der Waals surface area contributed by atoms with Gasteiger partial charge in [0.15, 0.2) is 0 Å². The summed E-state index contributed by atoms with van der Waals surface area (Å²) in [4.78, 5) is 0. The van der Waals surface area contributed by atoms with Gasteiger partial charge in [0.05, 0.1) is 5.69 Å². The molecule has 0 spiro atoms. The van der Waals surface area contributed by atoms with Crippen LogP contribution in [-0.4, -0.2) is 16.2 Å². The topological polar surface area (TPSA) is 43.8 Å². The van der Waals surface area contributed by atoms with Gasteiger partial charge in [-0.05, 0) is 13.0 Å². The van der Waals surface area contributed by atoms with Gasteiger partial charge in [0.2, 0.25) is 0 Å². The predicted molar refractivity (Wildman–Crippen MR) is 40.8 cm³/mol. The molecule has 1 atom stereocenters. The third kappa shape index (κ3) is 1.79. The average molecular weight is 175 g/mol. The molecule has 68 valence electrons. The largest absolute Gasteiger partial charge is 0.318 e. The van der Waals surface area contributed by atoms with Crippen LogP contribution in [0.1, 0.15) is 18.7 Å². The highest BCUT2D eigenvalue weighted by Gasteiger charge is 2.19. The third-order valence-electron chi connectivity index (χ3n) is 1.60. The van der Waals surface area contributed by atoms with Crippen molar-refractivity contribution in [2.75, 3.05) is 0 Å². The molecule has 2 N–H and O–H groups in total. The van der Waals surface area contributed by atoms with E-state index < -0.39 is 12.5 Å². The summed E-state index contributed by atoms with van der Waals surface area (Å²) < 4.78 is 25.7. The maximum atomic E-state index is 12.1. The first-order valence-electron chi connectivity index (χ1n) is 3.72. The Hall–Kier alpha value is -0.970. The second-order valence-electron chi connectivity index (χ2n) is 2.46. The molecule has 0 aliphatic carbocycles. The van der Waals surface area contributed by atoms with Gasteiger partial charge in [-0.1, -0.05) is 0 Å². The zero-order valence-electron chi connectivity index (χ0n) is 6.74. The van der Waals surface area contributed by atoms with Crippen LogP contribution in [-0.2, 0) is 6.54 Å². The van der Waals surface area contributed by atoms with Crippen LogP contribution in [0.4, 0.5) is 8.78 Å². The Bertz CT molecular complexity index is 247. The predicted octanol–water partition coefficient (Wildman–Crippen LogP) is 1.17. The van der Waals surface area contributed by atoms with Crippen molar-refractivity contribution in [3.63, 3.8) is 0 Å². The molecule has 0 aromatic carbocycles. The zero-order chi connectivity index (χ0) is 9.14. The number of hydrogen-bond acceptors (Lipinski definition) is 2. The number of nitrogens with two attached hydrogens (primary N) is 1. The van der Waals surface area contributed by atoms with E-state index in [4.69, 9.17) is 5.73 Å². The SMILES string of the molecule is CCn1ccc(C(N)C(F)F)n1. The van der Waals surface area contributed by atoms with Crippen LogP contribution in [0.3, 0.4) is 0 Å². The Balaban J connectivity index is 2.74. The number of rotatable bonds is 3. The number of hydrogen-bond donors (Lipinski definition) is 1. The Morgan fingerprint density at radius 1 is 1.67 bits per heavy atom. The summed E-state index contributed by atoms with van der Waals surface area (Å²) in [6, 6.07) is 0.248. The first-order valence-corrected chi connectivity index (χ1v) is 3.72. The van der Waals surface area contributed by atoms with Crippen LogP contribution in [0.15, 0.2) is 12.3 Å². The highest BCUT2D eigenvalue weighted by atomic mass is 19.3. The quantitative estimate of drug-likeness (QED) is 0.749. The molecule has 1 aromatic heterocycles. The minimum atomic E-state index is -2.55. The lowest BCUT2D eigenvalue weighted by Crippen LogP contribution is -2.19. The van der Waals surface area contributed by atoms with Gasteiger partial charge in [0.25, 0.3) is 6.43 Å². The smallest absolute Gasteiger partial charge is 0.259 e. The minimum absolute atomic E-state index is 0.242. The van der Waals surface area contributed by atoms with Gasteiger partial charge in [-0.15, -0.1) is 0 Å². The van der Waals surface area contributed by atoms with Crippen LogP contribution in [0, 0.1) is 0 Å². The summed E-state index contributed by atoms with van der Waals surface area (Å²) in [5, 5.41) is 3.86. The fourth-order valence-corrected chi connectivity index (χ4v) is 0.860.